The number of amides is 2. The molecule has 7 nitrogen and oxygen atoms in total. The minimum absolute atomic E-state index is 0.158. The molecule has 0 heterocycles. The topological polar surface area (TPSA) is 119 Å². The summed E-state index contributed by atoms with van der Waals surface area (Å²) in [6.07, 6.45) is -0.279. The summed E-state index contributed by atoms with van der Waals surface area (Å²) >= 11 is 0. The largest absolute Gasteiger partial charge is 0.374 e. The van der Waals surface area contributed by atoms with Crippen LogP contribution in [0.2, 0.25) is 0 Å². The van der Waals surface area contributed by atoms with E-state index in [1.165, 1.54) is 0 Å². The summed E-state index contributed by atoms with van der Waals surface area (Å²) in [5, 5.41) is 0. The van der Waals surface area contributed by atoms with E-state index in [4.69, 9.17) is 16.4 Å². The first kappa shape index (κ1) is 13.8. The average molecular weight is 218 g/mol. The molecular formula is C8H18N4O3. The Morgan fingerprint density at radius 2 is 1.40 bits per heavy atom. The predicted molar refractivity (Wildman–Crippen MR) is 53.9 cm³/mol. The summed E-state index contributed by atoms with van der Waals surface area (Å²) in [7, 11) is 0. The van der Waals surface area contributed by atoms with Gasteiger partial charge in [0.1, 0.15) is 0 Å². The Morgan fingerprint density at radius 3 is 1.67 bits per heavy atom. The number of nitrogens with one attached hydrogen (secondary N) is 2. The number of hydrogen-bond donors (Lipinski definition) is 4. The fourth-order valence-corrected chi connectivity index (χ4v) is 1.13. The van der Waals surface area contributed by atoms with Gasteiger partial charge in [0.05, 0.1) is 25.0 Å². The van der Waals surface area contributed by atoms with Gasteiger partial charge in [-0.25, -0.2) is 11.7 Å². The van der Waals surface area contributed by atoms with Gasteiger partial charge in [-0.2, -0.15) is 0 Å². The third-order valence-corrected chi connectivity index (χ3v) is 1.73. The minimum atomic E-state index is -0.307. The van der Waals surface area contributed by atoms with Gasteiger partial charge < -0.3 is 4.74 Å². The van der Waals surface area contributed by atoms with Crippen molar-refractivity contribution in [2.75, 3.05) is 0 Å². The Morgan fingerprint density at radius 1 is 1.07 bits per heavy atom. The zero-order valence-electron chi connectivity index (χ0n) is 8.95. The number of rotatable bonds is 6. The molecule has 2 unspecified atom stereocenters. The highest BCUT2D eigenvalue weighted by molar-refractivity contribution is 5.76. The van der Waals surface area contributed by atoms with Gasteiger partial charge in [-0.1, -0.05) is 0 Å². The van der Waals surface area contributed by atoms with Crippen molar-refractivity contribution >= 4 is 11.8 Å². The van der Waals surface area contributed by atoms with Gasteiger partial charge >= 0.3 is 0 Å². The monoisotopic (exact) mass is 218 g/mol. The Labute approximate surface area is 88.5 Å². The smallest absolute Gasteiger partial charge is 0.236 e. The third-order valence-electron chi connectivity index (χ3n) is 1.73. The molecule has 6 N–H and O–H groups in total. The van der Waals surface area contributed by atoms with Crippen LogP contribution in [-0.4, -0.2) is 24.0 Å². The van der Waals surface area contributed by atoms with Crippen molar-refractivity contribution in [1.29, 1.82) is 0 Å². The highest BCUT2D eigenvalue weighted by Gasteiger charge is 2.14. The van der Waals surface area contributed by atoms with Gasteiger partial charge in [-0.05, 0) is 13.8 Å². The average Bonchev–Trinajstić information content (AvgIpc) is 2.16. The molecule has 0 radical (unpaired) electrons. The molecule has 7 heteroatoms. The molecule has 15 heavy (non-hydrogen) atoms. The lowest BCUT2D eigenvalue weighted by Crippen LogP contribution is -2.35. The molecular weight excluding hydrogens is 200 g/mol. The molecule has 0 saturated heterocycles. The van der Waals surface area contributed by atoms with Crippen molar-refractivity contribution in [3.8, 4) is 0 Å². The van der Waals surface area contributed by atoms with Crippen LogP contribution in [0, 0.1) is 0 Å². The Balaban J connectivity index is 3.80. The number of carbonyl (C=O) groups excluding carboxylic acids is 2. The zero-order valence-corrected chi connectivity index (χ0v) is 8.95. The van der Waals surface area contributed by atoms with Crippen LogP contribution in [0.5, 0.6) is 0 Å². The maximum Gasteiger partial charge on any atom is 0.236 e. The van der Waals surface area contributed by atoms with Crippen molar-refractivity contribution in [2.45, 2.75) is 38.9 Å². The SMILES string of the molecule is CC(CC(=O)NN)OC(C)CC(=O)NN. The maximum absolute atomic E-state index is 10.9. The molecule has 0 aromatic carbocycles. The van der Waals surface area contributed by atoms with E-state index in [0.29, 0.717) is 0 Å². The lowest BCUT2D eigenvalue weighted by Gasteiger charge is -2.17. The number of carbonyl (C=O) groups is 2. The molecule has 0 aliphatic heterocycles. The molecule has 0 aromatic rings. The van der Waals surface area contributed by atoms with Crippen molar-refractivity contribution in [1.82, 2.24) is 10.9 Å². The van der Waals surface area contributed by atoms with Crippen molar-refractivity contribution < 1.29 is 14.3 Å². The molecule has 0 saturated carbocycles. The first-order chi connectivity index (χ1) is 6.99. The first-order valence-electron chi connectivity index (χ1n) is 4.64. The molecule has 0 aliphatic carbocycles. The number of ether oxygens (including phenoxy) is 1. The molecule has 2 amide bonds. The molecule has 0 spiro atoms. The lowest BCUT2D eigenvalue weighted by atomic mass is 10.2. The van der Waals surface area contributed by atoms with E-state index in [1.807, 2.05) is 10.9 Å². The van der Waals surface area contributed by atoms with Crippen LogP contribution in [-0.2, 0) is 14.3 Å². The number of hydrazine groups is 2. The molecule has 0 bridgehead atoms. The normalized spacial score (nSPS) is 14.1. The van der Waals surface area contributed by atoms with Gasteiger partial charge in [-0.15, -0.1) is 0 Å². The van der Waals surface area contributed by atoms with Crippen LogP contribution in [0.4, 0.5) is 0 Å². The predicted octanol–water partition coefficient (Wildman–Crippen LogP) is -1.46. The Hall–Kier alpha value is -1.18. The van der Waals surface area contributed by atoms with E-state index >= 15 is 0 Å². The highest BCUT2D eigenvalue weighted by Crippen LogP contribution is 2.05. The summed E-state index contributed by atoms with van der Waals surface area (Å²) in [6, 6.07) is 0. The van der Waals surface area contributed by atoms with E-state index in [2.05, 4.69) is 0 Å². The maximum atomic E-state index is 10.9. The van der Waals surface area contributed by atoms with Gasteiger partial charge in [0, 0.05) is 0 Å². The third kappa shape index (κ3) is 6.83. The molecule has 0 aromatic heterocycles. The summed E-state index contributed by atoms with van der Waals surface area (Å²) in [5.41, 5.74) is 4.01. The second kappa shape index (κ2) is 7.16. The minimum Gasteiger partial charge on any atom is -0.374 e. The van der Waals surface area contributed by atoms with E-state index in [9.17, 15) is 9.59 Å². The molecule has 88 valence electrons. The van der Waals surface area contributed by atoms with Crippen LogP contribution in [0.1, 0.15) is 26.7 Å². The van der Waals surface area contributed by atoms with E-state index in [1.54, 1.807) is 13.8 Å². The van der Waals surface area contributed by atoms with Crippen LogP contribution in [0.15, 0.2) is 0 Å². The van der Waals surface area contributed by atoms with E-state index in [0.717, 1.165) is 0 Å². The second-order valence-electron chi connectivity index (χ2n) is 3.30. The second-order valence-corrected chi connectivity index (χ2v) is 3.30. The standard InChI is InChI=1S/C8H18N4O3/c1-5(3-7(13)11-9)15-6(2)4-8(14)12-10/h5-6H,3-4,9-10H2,1-2H3,(H,11,13)(H,12,14). The van der Waals surface area contributed by atoms with Crippen LogP contribution in [0.3, 0.4) is 0 Å². The molecule has 0 rings (SSSR count). The molecule has 0 aliphatic rings. The fourth-order valence-electron chi connectivity index (χ4n) is 1.13. The van der Waals surface area contributed by atoms with Crippen LogP contribution in [0.25, 0.3) is 0 Å². The van der Waals surface area contributed by atoms with E-state index in [-0.39, 0.29) is 36.9 Å². The van der Waals surface area contributed by atoms with Crippen molar-refractivity contribution in [3.63, 3.8) is 0 Å². The van der Waals surface area contributed by atoms with Gasteiger partial charge in [-0.3, -0.25) is 20.4 Å². The summed E-state index contributed by atoms with van der Waals surface area (Å²) in [5.74, 6) is 9.22. The van der Waals surface area contributed by atoms with Gasteiger partial charge in [0.15, 0.2) is 0 Å². The molecule has 2 atom stereocenters. The van der Waals surface area contributed by atoms with Gasteiger partial charge in [0.2, 0.25) is 11.8 Å². The van der Waals surface area contributed by atoms with Crippen LogP contribution < -0.4 is 22.5 Å². The highest BCUT2D eigenvalue weighted by atomic mass is 16.5. The summed E-state index contributed by atoms with van der Waals surface area (Å²) in [4.78, 5) is 21.7. The van der Waals surface area contributed by atoms with Gasteiger partial charge in [0.25, 0.3) is 0 Å². The summed E-state index contributed by atoms with van der Waals surface area (Å²) < 4.78 is 5.36. The number of hydrogen-bond acceptors (Lipinski definition) is 5. The lowest BCUT2D eigenvalue weighted by molar-refractivity contribution is -0.127. The van der Waals surface area contributed by atoms with Crippen molar-refractivity contribution in [2.24, 2.45) is 11.7 Å². The number of nitrogens with two attached hydrogens (primary N) is 2. The first-order valence-corrected chi connectivity index (χ1v) is 4.64. The van der Waals surface area contributed by atoms with E-state index < -0.39 is 0 Å². The quantitative estimate of drug-likeness (QED) is 0.247. The van der Waals surface area contributed by atoms with Crippen LogP contribution >= 0.6 is 0 Å². The Bertz CT molecular complexity index is 200. The Kier molecular flexibility index (Phi) is 6.59. The van der Waals surface area contributed by atoms with Crippen molar-refractivity contribution in [3.05, 3.63) is 0 Å². The zero-order chi connectivity index (χ0) is 11.8. The molecule has 0 fully saturated rings. The summed E-state index contributed by atoms with van der Waals surface area (Å²) in [6.45, 7) is 3.46. The fraction of sp³-hybridized carbons (Fsp3) is 0.750.